The second-order valence-corrected chi connectivity index (χ2v) is 9.75. The Bertz CT molecular complexity index is 225. The summed E-state index contributed by atoms with van der Waals surface area (Å²) < 4.78 is 0. The van der Waals surface area contributed by atoms with E-state index in [9.17, 15) is 4.79 Å². The van der Waals surface area contributed by atoms with Crippen LogP contribution in [0.25, 0.3) is 0 Å². The van der Waals surface area contributed by atoms with Gasteiger partial charge in [0.25, 0.3) is 0 Å². The van der Waals surface area contributed by atoms with Crippen molar-refractivity contribution >= 4 is 37.4 Å². The van der Waals surface area contributed by atoms with E-state index in [4.69, 9.17) is 5.11 Å². The Morgan fingerprint density at radius 2 is 1.45 bits per heavy atom. The van der Waals surface area contributed by atoms with Gasteiger partial charge in [0.05, 0.1) is 0 Å². The van der Waals surface area contributed by atoms with Crippen LogP contribution in [-0.4, -0.2) is 22.1 Å². The molecule has 0 aliphatic rings. The molecule has 0 heterocycles. The van der Waals surface area contributed by atoms with Crippen molar-refractivity contribution in [3.8, 4) is 0 Å². The van der Waals surface area contributed by atoms with E-state index in [0.717, 1.165) is 5.75 Å². The second-order valence-electron chi connectivity index (χ2n) is 5.15. The molecular formula is C15H30O2S3. The van der Waals surface area contributed by atoms with Crippen LogP contribution in [0.4, 0.5) is 0 Å². The molecule has 120 valence electrons. The van der Waals surface area contributed by atoms with Crippen molar-refractivity contribution in [2.45, 2.75) is 83.3 Å². The maximum Gasteiger partial charge on any atom is 0.317 e. The molecule has 0 aromatic carbocycles. The number of rotatable bonds is 15. The molecule has 0 aromatic rings. The highest BCUT2D eigenvalue weighted by Gasteiger charge is 2.11. The van der Waals surface area contributed by atoms with E-state index in [1.807, 2.05) is 0 Å². The predicted octanol–water partition coefficient (Wildman–Crippen LogP) is 6.41. The smallest absolute Gasteiger partial charge is 0.317 e. The highest BCUT2D eigenvalue weighted by molar-refractivity contribution is 9.09. The molecule has 0 saturated heterocycles. The molecule has 20 heavy (non-hydrogen) atoms. The fourth-order valence-corrected chi connectivity index (χ4v) is 5.95. The Balaban J connectivity index is 3.04. The van der Waals surface area contributed by atoms with Crippen LogP contribution in [0, 0.1) is 0 Å². The van der Waals surface area contributed by atoms with Gasteiger partial charge in [-0.3, -0.25) is 4.79 Å². The minimum absolute atomic E-state index is 0.305. The van der Waals surface area contributed by atoms with Crippen LogP contribution in [0.3, 0.4) is 0 Å². The van der Waals surface area contributed by atoms with E-state index in [1.54, 1.807) is 27.5 Å². The van der Waals surface area contributed by atoms with Crippen LogP contribution in [0.1, 0.15) is 78.1 Å². The lowest BCUT2D eigenvalue weighted by Crippen LogP contribution is -2.09. The van der Waals surface area contributed by atoms with Crippen molar-refractivity contribution in [2.75, 3.05) is 5.75 Å². The third-order valence-corrected chi connectivity index (χ3v) is 7.74. The molecule has 0 aliphatic carbocycles. The van der Waals surface area contributed by atoms with Crippen molar-refractivity contribution in [1.82, 2.24) is 0 Å². The molecule has 0 bridgehead atoms. The maximum atomic E-state index is 10.6. The average molecular weight is 339 g/mol. The van der Waals surface area contributed by atoms with Crippen LogP contribution >= 0.6 is 31.4 Å². The Hall–Kier alpha value is 0.520. The van der Waals surface area contributed by atoms with E-state index >= 15 is 0 Å². The Morgan fingerprint density at radius 3 is 1.95 bits per heavy atom. The molecule has 0 rings (SSSR count). The first-order valence-corrected chi connectivity index (χ1v) is 11.6. The molecule has 0 aliphatic heterocycles. The molecule has 0 saturated carbocycles. The van der Waals surface area contributed by atoms with Gasteiger partial charge < -0.3 is 5.11 Å². The van der Waals surface area contributed by atoms with E-state index in [2.05, 4.69) is 6.92 Å². The number of hydrogen-bond donors (Lipinski definition) is 1. The molecule has 5 heteroatoms. The Labute approximate surface area is 136 Å². The van der Waals surface area contributed by atoms with Crippen LogP contribution in [0.15, 0.2) is 0 Å². The van der Waals surface area contributed by atoms with Crippen molar-refractivity contribution in [2.24, 2.45) is 0 Å². The number of hydrogen-bond acceptors (Lipinski definition) is 4. The molecule has 0 spiro atoms. The zero-order valence-corrected chi connectivity index (χ0v) is 15.4. The third-order valence-electron chi connectivity index (χ3n) is 3.16. The fraction of sp³-hybridized carbons (Fsp3) is 0.933. The van der Waals surface area contributed by atoms with Crippen molar-refractivity contribution in [3.05, 3.63) is 0 Å². The molecule has 0 amide bonds. The van der Waals surface area contributed by atoms with Gasteiger partial charge in [-0.2, -0.15) is 0 Å². The maximum absolute atomic E-state index is 10.6. The topological polar surface area (TPSA) is 37.3 Å². The van der Waals surface area contributed by atoms with Gasteiger partial charge >= 0.3 is 5.97 Å². The fourth-order valence-electron chi connectivity index (χ4n) is 1.81. The van der Waals surface area contributed by atoms with Crippen LogP contribution in [-0.2, 0) is 4.79 Å². The summed E-state index contributed by atoms with van der Waals surface area (Å²) in [5.74, 6) is 0.419. The van der Waals surface area contributed by atoms with E-state index < -0.39 is 5.97 Å². The number of carboxylic acid groups (broad SMARTS) is 1. The number of aliphatic carboxylic acids is 1. The summed E-state index contributed by atoms with van der Waals surface area (Å²) in [6, 6.07) is 0. The third kappa shape index (κ3) is 14.9. The monoisotopic (exact) mass is 338 g/mol. The molecule has 0 fully saturated rings. The highest BCUT2D eigenvalue weighted by atomic mass is 33.5. The summed E-state index contributed by atoms with van der Waals surface area (Å²) in [6.07, 6.45) is 13.7. The molecule has 0 aromatic heterocycles. The van der Waals surface area contributed by atoms with Crippen LogP contribution in [0.2, 0.25) is 0 Å². The quantitative estimate of drug-likeness (QED) is 0.276. The highest BCUT2D eigenvalue weighted by Crippen LogP contribution is 2.38. The summed E-state index contributed by atoms with van der Waals surface area (Å²) >= 11 is 0. The average Bonchev–Trinajstić information content (AvgIpc) is 2.43. The lowest BCUT2D eigenvalue weighted by molar-refractivity contribution is -0.136. The minimum Gasteiger partial charge on any atom is -0.480 e. The van der Waals surface area contributed by atoms with Crippen molar-refractivity contribution < 1.29 is 9.90 Å². The number of unbranched alkanes of at least 4 members (excludes halogenated alkanes) is 9. The standard InChI is InChI=1S/C15H30O2S3/c1-3-4-5-6-7-8-9-10-11-12-13-18-20-19-14(2)15(16)17/h14H,3-13H2,1-2H3,(H,16,17). The largest absolute Gasteiger partial charge is 0.480 e. The normalized spacial score (nSPS) is 12.5. The van der Waals surface area contributed by atoms with Gasteiger partial charge in [-0.25, -0.2) is 0 Å². The summed E-state index contributed by atoms with van der Waals surface area (Å²) in [7, 11) is 4.86. The Morgan fingerprint density at radius 1 is 0.950 bits per heavy atom. The SMILES string of the molecule is CCCCCCCCCCCCSSSC(C)C(=O)O. The van der Waals surface area contributed by atoms with Gasteiger partial charge in [0.2, 0.25) is 0 Å². The van der Waals surface area contributed by atoms with E-state index in [-0.39, 0.29) is 5.25 Å². The molecule has 1 atom stereocenters. The first-order chi connectivity index (χ1) is 9.68. The zero-order chi connectivity index (χ0) is 15.1. The van der Waals surface area contributed by atoms with Crippen molar-refractivity contribution in [3.63, 3.8) is 0 Å². The lowest BCUT2D eigenvalue weighted by Gasteiger charge is -2.04. The van der Waals surface area contributed by atoms with Crippen LogP contribution < -0.4 is 0 Å². The minimum atomic E-state index is -0.720. The number of carboxylic acids is 1. The van der Waals surface area contributed by atoms with E-state index in [1.165, 1.54) is 75.0 Å². The summed E-state index contributed by atoms with van der Waals surface area (Å²) in [5.41, 5.74) is 0. The molecule has 1 unspecified atom stereocenters. The van der Waals surface area contributed by atoms with Crippen molar-refractivity contribution in [1.29, 1.82) is 0 Å². The summed E-state index contributed by atoms with van der Waals surface area (Å²) in [5, 5.41) is 8.42. The van der Waals surface area contributed by atoms with E-state index in [0.29, 0.717) is 0 Å². The Kier molecular flexibility index (Phi) is 16.3. The van der Waals surface area contributed by atoms with Gasteiger partial charge in [0.1, 0.15) is 5.25 Å². The zero-order valence-electron chi connectivity index (χ0n) is 12.9. The molecule has 1 N–H and O–H groups in total. The molecule has 0 radical (unpaired) electrons. The van der Waals surface area contributed by atoms with Gasteiger partial charge in [0.15, 0.2) is 0 Å². The van der Waals surface area contributed by atoms with Gasteiger partial charge in [-0.1, -0.05) is 86.3 Å². The van der Waals surface area contributed by atoms with Gasteiger partial charge in [0, 0.05) is 5.75 Å². The number of carbonyl (C=O) groups is 1. The first kappa shape index (κ1) is 20.5. The molecular weight excluding hydrogens is 308 g/mol. The van der Waals surface area contributed by atoms with Gasteiger partial charge in [-0.15, -0.1) is 0 Å². The molecule has 2 nitrogen and oxygen atoms in total. The van der Waals surface area contributed by atoms with Crippen LogP contribution in [0.5, 0.6) is 0 Å². The van der Waals surface area contributed by atoms with Gasteiger partial charge in [-0.05, 0) is 23.2 Å². The predicted molar refractivity (Wildman–Crippen MR) is 96.6 cm³/mol. The summed E-state index contributed by atoms with van der Waals surface area (Å²) in [6.45, 7) is 4.00. The lowest BCUT2D eigenvalue weighted by atomic mass is 10.1. The summed E-state index contributed by atoms with van der Waals surface area (Å²) in [4.78, 5) is 10.6. The first-order valence-electron chi connectivity index (χ1n) is 7.86. The second kappa shape index (κ2) is 15.9.